The van der Waals surface area contributed by atoms with Crippen LogP contribution in [0.4, 0.5) is 0 Å². The molecule has 0 aliphatic carbocycles. The third-order valence-corrected chi connectivity index (χ3v) is 3.01. The predicted octanol–water partition coefficient (Wildman–Crippen LogP) is 3.86. The minimum Gasteiger partial charge on any atom is -0.257 e. The number of benzene rings is 1. The van der Waals surface area contributed by atoms with Gasteiger partial charge < -0.3 is 0 Å². The molecule has 2 rings (SSSR count). The van der Waals surface area contributed by atoms with Crippen molar-refractivity contribution in [3.63, 3.8) is 0 Å². The zero-order valence-electron chi connectivity index (χ0n) is 8.10. The van der Waals surface area contributed by atoms with E-state index in [4.69, 9.17) is 0 Å². The molecule has 74 valence electrons. The van der Waals surface area contributed by atoms with Crippen LogP contribution in [0.15, 0.2) is 48.7 Å². The summed E-state index contributed by atoms with van der Waals surface area (Å²) in [5, 5.41) is 0. The van der Waals surface area contributed by atoms with Crippen LogP contribution in [0.1, 0.15) is 11.3 Å². The highest BCUT2D eigenvalue weighted by Crippen LogP contribution is 2.14. The molecule has 0 saturated carbocycles. The standard InChI is InChI=1S/C13H10IN/c14-13-7-2-1-5-11(13)8-9-12-6-3-4-10-15-12/h1-10H/b9-8+. The number of hydrogen-bond acceptors (Lipinski definition) is 1. The Hall–Kier alpha value is -1.16. The van der Waals surface area contributed by atoms with E-state index in [1.165, 1.54) is 9.13 Å². The Balaban J connectivity index is 2.23. The molecule has 1 aromatic heterocycles. The van der Waals surface area contributed by atoms with Crippen molar-refractivity contribution < 1.29 is 0 Å². The monoisotopic (exact) mass is 307 g/mol. The number of rotatable bonds is 2. The van der Waals surface area contributed by atoms with Gasteiger partial charge in [-0.1, -0.05) is 30.3 Å². The highest BCUT2D eigenvalue weighted by atomic mass is 127. The summed E-state index contributed by atoms with van der Waals surface area (Å²) in [7, 11) is 0. The van der Waals surface area contributed by atoms with Crippen LogP contribution in [0, 0.1) is 3.57 Å². The fraction of sp³-hybridized carbons (Fsp3) is 0. The minimum absolute atomic E-state index is 0.983. The number of halogens is 1. The van der Waals surface area contributed by atoms with Gasteiger partial charge in [0.2, 0.25) is 0 Å². The second kappa shape index (κ2) is 5.07. The van der Waals surface area contributed by atoms with Gasteiger partial charge in [-0.05, 0) is 52.4 Å². The molecule has 0 bridgehead atoms. The van der Waals surface area contributed by atoms with Crippen molar-refractivity contribution in [2.24, 2.45) is 0 Å². The van der Waals surface area contributed by atoms with Crippen LogP contribution in [0.3, 0.4) is 0 Å². The van der Waals surface area contributed by atoms with Crippen molar-refractivity contribution in [3.8, 4) is 0 Å². The van der Waals surface area contributed by atoms with Crippen molar-refractivity contribution in [1.29, 1.82) is 0 Å². The number of aromatic nitrogens is 1. The average Bonchev–Trinajstić information content (AvgIpc) is 2.29. The summed E-state index contributed by atoms with van der Waals surface area (Å²) in [6, 6.07) is 14.2. The number of nitrogens with zero attached hydrogens (tertiary/aromatic N) is 1. The Kier molecular flexibility index (Phi) is 3.50. The summed E-state index contributed by atoms with van der Waals surface area (Å²) in [5.74, 6) is 0. The van der Waals surface area contributed by atoms with Gasteiger partial charge in [0.15, 0.2) is 0 Å². The zero-order valence-corrected chi connectivity index (χ0v) is 10.3. The Morgan fingerprint density at radius 1 is 0.933 bits per heavy atom. The normalized spacial score (nSPS) is 10.7. The van der Waals surface area contributed by atoms with Crippen molar-refractivity contribution >= 4 is 34.7 Å². The molecule has 0 unspecified atom stereocenters. The van der Waals surface area contributed by atoms with Crippen LogP contribution in [0.5, 0.6) is 0 Å². The summed E-state index contributed by atoms with van der Waals surface area (Å²) in [6.07, 6.45) is 5.91. The third-order valence-electron chi connectivity index (χ3n) is 2.03. The molecule has 0 amide bonds. The Morgan fingerprint density at radius 2 is 1.73 bits per heavy atom. The lowest BCUT2D eigenvalue weighted by Crippen LogP contribution is -1.79. The van der Waals surface area contributed by atoms with Gasteiger partial charge in [0.25, 0.3) is 0 Å². The largest absolute Gasteiger partial charge is 0.257 e. The van der Waals surface area contributed by atoms with Crippen LogP contribution < -0.4 is 0 Å². The molecular weight excluding hydrogens is 297 g/mol. The molecule has 0 aliphatic rings. The first-order valence-electron chi connectivity index (χ1n) is 4.70. The Labute approximate surface area is 103 Å². The van der Waals surface area contributed by atoms with Gasteiger partial charge in [-0.2, -0.15) is 0 Å². The minimum atomic E-state index is 0.983. The molecule has 0 aliphatic heterocycles. The van der Waals surface area contributed by atoms with Gasteiger partial charge in [0, 0.05) is 9.77 Å². The Bertz CT molecular complexity index is 463. The third kappa shape index (κ3) is 2.89. The maximum atomic E-state index is 4.23. The SMILES string of the molecule is Ic1ccccc1/C=C/c1ccccn1. The maximum Gasteiger partial charge on any atom is 0.0629 e. The van der Waals surface area contributed by atoms with E-state index in [-0.39, 0.29) is 0 Å². The van der Waals surface area contributed by atoms with Gasteiger partial charge in [-0.15, -0.1) is 0 Å². The fourth-order valence-corrected chi connectivity index (χ4v) is 1.83. The molecule has 0 radical (unpaired) electrons. The highest BCUT2D eigenvalue weighted by Gasteiger charge is 1.92. The molecule has 0 N–H and O–H groups in total. The van der Waals surface area contributed by atoms with Crippen molar-refractivity contribution in [2.45, 2.75) is 0 Å². The first-order valence-corrected chi connectivity index (χ1v) is 5.78. The average molecular weight is 307 g/mol. The molecule has 0 spiro atoms. The lowest BCUT2D eigenvalue weighted by molar-refractivity contribution is 1.30. The van der Waals surface area contributed by atoms with E-state index in [2.05, 4.69) is 45.8 Å². The molecule has 2 heteroatoms. The first kappa shape index (κ1) is 10.4. The van der Waals surface area contributed by atoms with E-state index in [9.17, 15) is 0 Å². The quantitative estimate of drug-likeness (QED) is 0.768. The molecular formula is C13H10IN. The van der Waals surface area contributed by atoms with Crippen LogP contribution in [0.2, 0.25) is 0 Å². The molecule has 0 fully saturated rings. The Morgan fingerprint density at radius 3 is 2.47 bits per heavy atom. The highest BCUT2D eigenvalue weighted by molar-refractivity contribution is 14.1. The second-order valence-corrected chi connectivity index (χ2v) is 4.27. The summed E-state index contributed by atoms with van der Waals surface area (Å²) in [6.45, 7) is 0. The molecule has 15 heavy (non-hydrogen) atoms. The van der Waals surface area contributed by atoms with E-state index in [1.54, 1.807) is 6.20 Å². The molecule has 0 saturated heterocycles. The van der Waals surface area contributed by atoms with Crippen molar-refractivity contribution in [3.05, 3.63) is 63.5 Å². The van der Waals surface area contributed by atoms with E-state index >= 15 is 0 Å². The van der Waals surface area contributed by atoms with E-state index < -0.39 is 0 Å². The number of pyridine rings is 1. The van der Waals surface area contributed by atoms with Gasteiger partial charge in [-0.25, -0.2) is 0 Å². The molecule has 0 atom stereocenters. The molecule has 1 aromatic carbocycles. The first-order chi connectivity index (χ1) is 7.36. The summed E-state index contributed by atoms with van der Waals surface area (Å²) < 4.78 is 1.25. The topological polar surface area (TPSA) is 12.9 Å². The van der Waals surface area contributed by atoms with Crippen molar-refractivity contribution in [1.82, 2.24) is 4.98 Å². The smallest absolute Gasteiger partial charge is 0.0629 e. The van der Waals surface area contributed by atoms with Crippen LogP contribution >= 0.6 is 22.6 Å². The fourth-order valence-electron chi connectivity index (χ4n) is 1.26. The summed E-state index contributed by atoms with van der Waals surface area (Å²) >= 11 is 2.33. The van der Waals surface area contributed by atoms with Crippen molar-refractivity contribution in [2.75, 3.05) is 0 Å². The second-order valence-electron chi connectivity index (χ2n) is 3.11. The van der Waals surface area contributed by atoms with E-state index in [1.807, 2.05) is 36.4 Å². The molecule has 2 aromatic rings. The summed E-state index contributed by atoms with van der Waals surface area (Å²) in [4.78, 5) is 4.23. The van der Waals surface area contributed by atoms with Crippen LogP contribution in [-0.4, -0.2) is 4.98 Å². The van der Waals surface area contributed by atoms with Crippen LogP contribution in [-0.2, 0) is 0 Å². The van der Waals surface area contributed by atoms with Gasteiger partial charge in [0.1, 0.15) is 0 Å². The number of hydrogen-bond donors (Lipinski definition) is 0. The predicted molar refractivity (Wildman–Crippen MR) is 72.3 cm³/mol. The van der Waals surface area contributed by atoms with E-state index in [0.717, 1.165) is 5.69 Å². The lowest BCUT2D eigenvalue weighted by Gasteiger charge is -1.96. The molecule has 1 nitrogen and oxygen atoms in total. The zero-order chi connectivity index (χ0) is 10.5. The van der Waals surface area contributed by atoms with Crippen LogP contribution in [0.25, 0.3) is 12.2 Å². The summed E-state index contributed by atoms with van der Waals surface area (Å²) in [5.41, 5.74) is 2.21. The maximum absolute atomic E-state index is 4.23. The van der Waals surface area contributed by atoms with E-state index in [0.29, 0.717) is 0 Å². The van der Waals surface area contributed by atoms with Gasteiger partial charge in [0.05, 0.1) is 5.69 Å². The lowest BCUT2D eigenvalue weighted by atomic mass is 10.2. The molecule has 1 heterocycles. The van der Waals surface area contributed by atoms with Gasteiger partial charge in [-0.3, -0.25) is 4.98 Å². The van der Waals surface area contributed by atoms with Gasteiger partial charge >= 0.3 is 0 Å².